The molecule has 0 radical (unpaired) electrons. The van der Waals surface area contributed by atoms with Crippen molar-refractivity contribution in [3.63, 3.8) is 0 Å². The molecule has 0 aromatic rings. The lowest BCUT2D eigenvalue weighted by Gasteiger charge is -2.48. The average molecular weight is 1010 g/mol. The first-order valence-corrected chi connectivity index (χ1v) is 22.2. The van der Waals surface area contributed by atoms with Crippen LogP contribution in [0.25, 0.3) is 0 Å². The summed E-state index contributed by atoms with van der Waals surface area (Å²) >= 11 is 0. The summed E-state index contributed by atoms with van der Waals surface area (Å²) in [7, 11) is 0. The number of ether oxygens (including phenoxy) is 4. The predicted molar refractivity (Wildman–Crippen MR) is 234 cm³/mol. The van der Waals surface area contributed by atoms with E-state index in [1.165, 1.54) is 20.8 Å². The van der Waals surface area contributed by atoms with E-state index in [-0.39, 0.29) is 19.4 Å². The van der Waals surface area contributed by atoms with Crippen LogP contribution in [0.4, 0.5) is 0 Å². The number of rotatable bonds is 28. The Kier molecular flexibility index (Phi) is 25.4. The van der Waals surface area contributed by atoms with Gasteiger partial charge in [-0.25, -0.2) is 0 Å². The average Bonchev–Trinajstić information content (AvgIpc) is 3.29. The van der Waals surface area contributed by atoms with Crippen LogP contribution in [0.1, 0.15) is 66.7 Å². The molecule has 2 fully saturated rings. The van der Waals surface area contributed by atoms with Crippen LogP contribution in [0.2, 0.25) is 0 Å². The van der Waals surface area contributed by atoms with Gasteiger partial charge in [-0.2, -0.15) is 0 Å². The monoisotopic (exact) mass is 1010 g/mol. The van der Waals surface area contributed by atoms with Crippen LogP contribution in [0, 0.1) is 0 Å². The third kappa shape index (κ3) is 19.2. The topological polar surface area (TPSA) is 477 Å². The first kappa shape index (κ1) is 60.4. The molecule has 398 valence electrons. The molecule has 15 atom stereocenters. The number of hydrogen-bond acceptors (Lipinski definition) is 20. The van der Waals surface area contributed by atoms with Gasteiger partial charge < -0.3 is 104 Å². The number of carbonyl (C=O) groups is 10. The van der Waals surface area contributed by atoms with Crippen LogP contribution in [0.15, 0.2) is 0 Å². The third-order valence-electron chi connectivity index (χ3n) is 10.8. The van der Waals surface area contributed by atoms with Crippen molar-refractivity contribution in [2.75, 3.05) is 32.8 Å². The van der Waals surface area contributed by atoms with Crippen molar-refractivity contribution in [2.45, 2.75) is 158 Å². The molecule has 2 aliphatic heterocycles. The van der Waals surface area contributed by atoms with E-state index in [9.17, 15) is 73.5 Å². The Balaban J connectivity index is 2.16. The summed E-state index contributed by atoms with van der Waals surface area (Å²) in [4.78, 5) is 125. The van der Waals surface area contributed by atoms with Gasteiger partial charge in [0.2, 0.25) is 53.2 Å². The molecular formula is C40H68N10O20. The highest BCUT2D eigenvalue weighted by Gasteiger charge is 2.53. The Morgan fingerprint density at radius 1 is 0.643 bits per heavy atom. The fraction of sp³-hybridized carbons (Fsp3) is 0.750. The summed E-state index contributed by atoms with van der Waals surface area (Å²) < 4.78 is 23.2. The summed E-state index contributed by atoms with van der Waals surface area (Å²) in [5.41, 5.74) is 11.1. The summed E-state index contributed by atoms with van der Waals surface area (Å²) in [6, 6.07) is -8.37. The van der Waals surface area contributed by atoms with Gasteiger partial charge in [-0.15, -0.1) is 0 Å². The number of unbranched alkanes of at least 4 members (excludes halogenated alkanes) is 1. The zero-order chi connectivity index (χ0) is 53.0. The molecule has 0 bridgehead atoms. The SMILES string of the molecule is CC(=O)NC1C(OC2C(CO)OC(O)C(NC(C)=O)C2OC(C)C(=O)NC(C)C(=O)NC(CCC(=O)NC(CCCCN)C(=O)NC(C)C(=O)NCC(=O)NCC(=O)O)C(N)=O)OC(CO)C(O)C1O. The lowest BCUT2D eigenvalue weighted by atomic mass is 9.94. The Bertz CT molecular complexity index is 1830. The maximum absolute atomic E-state index is 13.5. The maximum Gasteiger partial charge on any atom is 0.322 e. The van der Waals surface area contributed by atoms with Crippen LogP contribution in [-0.2, 0) is 66.9 Å². The molecule has 18 N–H and O–H groups in total. The van der Waals surface area contributed by atoms with Gasteiger partial charge in [-0.1, -0.05) is 0 Å². The molecule has 0 aromatic heterocycles. The molecule has 2 heterocycles. The number of aliphatic hydroxyl groups excluding tert-OH is 5. The highest BCUT2D eigenvalue weighted by atomic mass is 16.7. The zero-order valence-corrected chi connectivity index (χ0v) is 39.3. The molecule has 70 heavy (non-hydrogen) atoms. The van der Waals surface area contributed by atoms with E-state index in [0.29, 0.717) is 12.8 Å². The third-order valence-corrected chi connectivity index (χ3v) is 10.8. The molecule has 30 nitrogen and oxygen atoms in total. The van der Waals surface area contributed by atoms with Gasteiger partial charge in [0.1, 0.15) is 85.5 Å². The maximum atomic E-state index is 13.5. The van der Waals surface area contributed by atoms with Crippen molar-refractivity contribution >= 4 is 59.1 Å². The van der Waals surface area contributed by atoms with E-state index in [1.807, 2.05) is 0 Å². The van der Waals surface area contributed by atoms with Crippen molar-refractivity contribution in [1.82, 2.24) is 42.5 Å². The van der Waals surface area contributed by atoms with Crippen LogP contribution >= 0.6 is 0 Å². The molecule has 0 aliphatic carbocycles. The molecule has 15 unspecified atom stereocenters. The number of amides is 9. The molecule has 9 amide bonds. The number of hydrogen-bond donors (Lipinski definition) is 16. The molecule has 0 aromatic carbocycles. The van der Waals surface area contributed by atoms with E-state index < -0.39 is 183 Å². The highest BCUT2D eigenvalue weighted by Crippen LogP contribution is 2.31. The van der Waals surface area contributed by atoms with Gasteiger partial charge in [0.25, 0.3) is 0 Å². The lowest BCUT2D eigenvalue weighted by molar-refractivity contribution is -0.333. The number of carboxylic acid groups (broad SMARTS) is 1. The van der Waals surface area contributed by atoms with Crippen LogP contribution in [-0.4, -0.2) is 214 Å². The first-order valence-electron chi connectivity index (χ1n) is 22.2. The molecular weight excluding hydrogens is 940 g/mol. The van der Waals surface area contributed by atoms with Crippen molar-refractivity contribution in [3.8, 4) is 0 Å². The van der Waals surface area contributed by atoms with Gasteiger partial charge >= 0.3 is 5.97 Å². The number of nitrogens with one attached hydrogen (secondary N) is 8. The standard InChI is InChI=1S/C40H68N10O20/c1-16(35(62)44-12-26(56)43-13-27(57)58)46-38(65)22(8-6-7-11-41)49-25(55)10-9-21(34(42)61)50-36(63)17(2)45-37(64)18(3)67-33-29(48-20(5)54)39(66)68-24(15-52)32(33)70-40-28(47-19(4)53)31(60)30(59)23(14-51)69-40/h16-18,21-24,28-33,39-40,51-52,59-60,66H,6-15,41H2,1-5H3,(H2,42,61)(H,43,56)(H,44,62)(H,45,64)(H,46,65)(H,47,53)(H,48,54)(H,49,55)(H,50,63)(H,57,58). The normalized spacial score (nSPS) is 26.3. The minimum absolute atomic E-state index is 0.0724. The Hall–Kier alpha value is -5.70. The second kappa shape index (κ2) is 29.5. The van der Waals surface area contributed by atoms with E-state index in [1.54, 1.807) is 0 Å². The van der Waals surface area contributed by atoms with Gasteiger partial charge in [-0.05, 0) is 53.0 Å². The Labute approximate surface area is 401 Å². The summed E-state index contributed by atoms with van der Waals surface area (Å²) in [5.74, 6) is -8.91. The second-order valence-electron chi connectivity index (χ2n) is 16.5. The van der Waals surface area contributed by atoms with E-state index in [4.69, 9.17) is 35.5 Å². The number of carbonyl (C=O) groups excluding carboxylic acids is 9. The van der Waals surface area contributed by atoms with E-state index in [2.05, 4.69) is 42.5 Å². The van der Waals surface area contributed by atoms with Crippen molar-refractivity contribution < 1.29 is 97.5 Å². The molecule has 2 aliphatic rings. The predicted octanol–water partition coefficient (Wildman–Crippen LogP) is -9.01. The van der Waals surface area contributed by atoms with Crippen LogP contribution in [0.3, 0.4) is 0 Å². The lowest BCUT2D eigenvalue weighted by Crippen LogP contribution is -2.70. The van der Waals surface area contributed by atoms with Gasteiger partial charge in [0.15, 0.2) is 12.6 Å². The minimum Gasteiger partial charge on any atom is -0.480 e. The van der Waals surface area contributed by atoms with E-state index in [0.717, 1.165) is 13.8 Å². The van der Waals surface area contributed by atoms with Gasteiger partial charge in [-0.3, -0.25) is 47.9 Å². The fourth-order valence-electron chi connectivity index (χ4n) is 7.04. The summed E-state index contributed by atoms with van der Waals surface area (Å²) in [5, 5.41) is 79.6. The highest BCUT2D eigenvalue weighted by molar-refractivity contribution is 5.94. The molecule has 2 saturated heterocycles. The fourth-order valence-corrected chi connectivity index (χ4v) is 7.04. The van der Waals surface area contributed by atoms with Crippen molar-refractivity contribution in [2.24, 2.45) is 11.5 Å². The summed E-state index contributed by atoms with van der Waals surface area (Å²) in [6.07, 6.45) is -14.8. The number of nitrogens with two attached hydrogens (primary N) is 2. The Morgan fingerprint density at radius 3 is 1.81 bits per heavy atom. The van der Waals surface area contributed by atoms with Crippen LogP contribution in [0.5, 0.6) is 0 Å². The molecule has 2 rings (SSSR count). The first-order chi connectivity index (χ1) is 32.8. The second-order valence-corrected chi connectivity index (χ2v) is 16.5. The zero-order valence-electron chi connectivity index (χ0n) is 39.3. The van der Waals surface area contributed by atoms with Crippen molar-refractivity contribution in [3.05, 3.63) is 0 Å². The van der Waals surface area contributed by atoms with Crippen LogP contribution < -0.4 is 54.0 Å². The minimum atomic E-state index is -1.89. The molecule has 30 heteroatoms. The van der Waals surface area contributed by atoms with Gasteiger partial charge in [0.05, 0.1) is 19.8 Å². The largest absolute Gasteiger partial charge is 0.480 e. The number of aliphatic carboxylic acids is 1. The smallest absolute Gasteiger partial charge is 0.322 e. The molecule has 0 saturated carbocycles. The Morgan fingerprint density at radius 2 is 1.24 bits per heavy atom. The number of carboxylic acids is 1. The number of aliphatic hydroxyl groups is 5. The quantitative estimate of drug-likeness (QED) is 0.0324. The summed E-state index contributed by atoms with van der Waals surface area (Å²) in [6.45, 7) is 3.19. The number of primary amides is 1. The van der Waals surface area contributed by atoms with Gasteiger partial charge in [0, 0.05) is 20.3 Å². The van der Waals surface area contributed by atoms with E-state index >= 15 is 0 Å². The molecule has 0 spiro atoms. The van der Waals surface area contributed by atoms with Crippen molar-refractivity contribution in [1.29, 1.82) is 0 Å².